The van der Waals surface area contributed by atoms with Gasteiger partial charge in [0.1, 0.15) is 6.10 Å². The fourth-order valence-electron chi connectivity index (χ4n) is 8.01. The van der Waals surface area contributed by atoms with Crippen LogP contribution in [0.1, 0.15) is 278 Å². The van der Waals surface area contributed by atoms with Gasteiger partial charge in [-0.25, -0.2) is 0 Å². The lowest BCUT2D eigenvalue weighted by Gasteiger charge is -2.24. The molecule has 0 bridgehead atoms. The zero-order valence-corrected chi connectivity index (χ0v) is 39.7. The maximum atomic E-state index is 13.2. The maximum absolute atomic E-state index is 13.2. The van der Waals surface area contributed by atoms with E-state index in [0.29, 0.717) is 19.3 Å². The van der Waals surface area contributed by atoms with E-state index in [2.05, 4.69) is 50.4 Å². The largest absolute Gasteiger partial charge is 0.462 e. The zero-order valence-electron chi connectivity index (χ0n) is 39.7. The number of carbonyl (C=O) groups is 2. The molecule has 0 rings (SSSR count). The van der Waals surface area contributed by atoms with Crippen LogP contribution < -0.4 is 5.32 Å². The van der Waals surface area contributed by atoms with E-state index in [9.17, 15) is 19.8 Å². The highest BCUT2D eigenvalue weighted by Crippen LogP contribution is 2.18. The molecule has 6 heteroatoms. The topological polar surface area (TPSA) is 95.9 Å². The van der Waals surface area contributed by atoms with Gasteiger partial charge in [0.15, 0.2) is 0 Å². The number of esters is 1. The Balaban J connectivity index is 4.57. The lowest BCUT2D eigenvalue weighted by molar-refractivity contribution is -0.151. The molecule has 0 fully saturated rings. The fraction of sp³-hybridized carbons (Fsp3) is 0.887. The number of amides is 1. The van der Waals surface area contributed by atoms with Crippen LogP contribution in [0.2, 0.25) is 0 Å². The first-order chi connectivity index (χ1) is 29.0. The number of aliphatic hydroxyl groups excluding tert-OH is 2. The van der Waals surface area contributed by atoms with Crippen molar-refractivity contribution in [3.05, 3.63) is 24.3 Å². The van der Waals surface area contributed by atoms with E-state index in [1.54, 1.807) is 0 Å². The fourth-order valence-corrected chi connectivity index (χ4v) is 8.01. The van der Waals surface area contributed by atoms with E-state index in [1.807, 2.05) is 0 Å². The second kappa shape index (κ2) is 47.4. The van der Waals surface area contributed by atoms with E-state index in [1.165, 1.54) is 167 Å². The van der Waals surface area contributed by atoms with Crippen molar-refractivity contribution in [2.45, 2.75) is 296 Å². The minimum Gasteiger partial charge on any atom is -0.462 e. The van der Waals surface area contributed by atoms with E-state index in [4.69, 9.17) is 4.74 Å². The second-order valence-corrected chi connectivity index (χ2v) is 17.9. The number of hydrogen-bond acceptors (Lipinski definition) is 5. The minimum absolute atomic E-state index is 0.0723. The summed E-state index contributed by atoms with van der Waals surface area (Å²) in [6, 6.07) is -0.701. The average molecular weight is 832 g/mol. The van der Waals surface area contributed by atoms with Crippen LogP contribution in [0.3, 0.4) is 0 Å². The molecule has 0 aliphatic heterocycles. The van der Waals surface area contributed by atoms with Gasteiger partial charge < -0.3 is 20.3 Å². The summed E-state index contributed by atoms with van der Waals surface area (Å²) in [7, 11) is 0. The zero-order chi connectivity index (χ0) is 43.1. The van der Waals surface area contributed by atoms with Crippen molar-refractivity contribution in [3.63, 3.8) is 0 Å². The summed E-state index contributed by atoms with van der Waals surface area (Å²) >= 11 is 0. The van der Waals surface area contributed by atoms with Gasteiger partial charge in [-0.3, -0.25) is 9.59 Å². The van der Waals surface area contributed by atoms with Crippen molar-refractivity contribution in [1.82, 2.24) is 5.32 Å². The lowest BCUT2D eigenvalue weighted by Crippen LogP contribution is -2.46. The molecule has 0 aliphatic rings. The Bertz CT molecular complexity index is 935. The summed E-state index contributed by atoms with van der Waals surface area (Å²) < 4.78 is 5.93. The summed E-state index contributed by atoms with van der Waals surface area (Å²) in [6.07, 6.45) is 53.8. The van der Waals surface area contributed by atoms with Gasteiger partial charge in [0.05, 0.1) is 25.2 Å². The predicted molar refractivity (Wildman–Crippen MR) is 255 cm³/mol. The highest BCUT2D eigenvalue weighted by Gasteiger charge is 2.24. The average Bonchev–Trinajstić information content (AvgIpc) is 3.23. The molecule has 3 atom stereocenters. The Morgan fingerprint density at radius 3 is 1.20 bits per heavy atom. The van der Waals surface area contributed by atoms with E-state index >= 15 is 0 Å². The van der Waals surface area contributed by atoms with Crippen LogP contribution in [-0.4, -0.2) is 46.9 Å². The third kappa shape index (κ3) is 42.8. The van der Waals surface area contributed by atoms with Crippen molar-refractivity contribution in [2.75, 3.05) is 6.61 Å². The third-order valence-corrected chi connectivity index (χ3v) is 12.0. The van der Waals surface area contributed by atoms with Crippen molar-refractivity contribution >= 4 is 11.9 Å². The number of carbonyl (C=O) groups excluding carboxylic acids is 2. The predicted octanol–water partition coefficient (Wildman–Crippen LogP) is 15.5. The van der Waals surface area contributed by atoms with E-state index in [0.717, 1.165) is 64.2 Å². The molecule has 0 saturated carbocycles. The number of ether oxygens (including phenoxy) is 1. The van der Waals surface area contributed by atoms with Crippen LogP contribution >= 0.6 is 0 Å². The van der Waals surface area contributed by atoms with E-state index in [-0.39, 0.29) is 24.9 Å². The maximum Gasteiger partial charge on any atom is 0.306 e. The summed E-state index contributed by atoms with van der Waals surface area (Å²) in [5, 5.41) is 23.7. The Morgan fingerprint density at radius 2 is 0.814 bits per heavy atom. The van der Waals surface area contributed by atoms with Crippen LogP contribution in [0.15, 0.2) is 24.3 Å². The van der Waals surface area contributed by atoms with Gasteiger partial charge in [0, 0.05) is 6.42 Å². The van der Waals surface area contributed by atoms with Gasteiger partial charge in [0.2, 0.25) is 5.91 Å². The van der Waals surface area contributed by atoms with Crippen LogP contribution in [0.4, 0.5) is 0 Å². The highest BCUT2D eigenvalue weighted by molar-refractivity contribution is 5.77. The molecule has 0 saturated heterocycles. The molecule has 0 aromatic rings. The monoisotopic (exact) mass is 832 g/mol. The SMILES string of the molecule is CCCCCCCC/C=C/CCCCCCCCCC(CC(=O)NC(CO)C(O)CCCCCCCCCCC)OC(=O)CCCCC/C=C\CCCCCCCCC. The molecule has 348 valence electrons. The third-order valence-electron chi connectivity index (χ3n) is 12.0. The number of rotatable bonds is 47. The van der Waals surface area contributed by atoms with Crippen LogP contribution in [0, 0.1) is 0 Å². The van der Waals surface area contributed by atoms with Crippen molar-refractivity contribution < 1.29 is 24.5 Å². The Labute approximate surface area is 367 Å². The molecule has 3 N–H and O–H groups in total. The number of hydrogen-bond donors (Lipinski definition) is 3. The molecule has 1 amide bonds. The van der Waals surface area contributed by atoms with Gasteiger partial charge in [-0.05, 0) is 77.0 Å². The van der Waals surface area contributed by atoms with Crippen molar-refractivity contribution in [1.29, 1.82) is 0 Å². The molecular formula is C53H101NO5. The number of aliphatic hydroxyl groups is 2. The van der Waals surface area contributed by atoms with Crippen LogP contribution in [0.5, 0.6) is 0 Å². The number of unbranched alkanes of at least 4 members (excludes halogenated alkanes) is 31. The Morgan fingerprint density at radius 1 is 0.475 bits per heavy atom. The first kappa shape index (κ1) is 57.3. The van der Waals surface area contributed by atoms with Gasteiger partial charge in [-0.1, -0.05) is 212 Å². The van der Waals surface area contributed by atoms with Crippen molar-refractivity contribution in [2.24, 2.45) is 0 Å². The first-order valence-electron chi connectivity index (χ1n) is 26.1. The molecule has 0 radical (unpaired) electrons. The van der Waals surface area contributed by atoms with Crippen molar-refractivity contribution in [3.8, 4) is 0 Å². The first-order valence-corrected chi connectivity index (χ1v) is 26.1. The van der Waals surface area contributed by atoms with Gasteiger partial charge in [-0.15, -0.1) is 0 Å². The molecule has 0 aromatic carbocycles. The molecule has 3 unspecified atom stereocenters. The van der Waals surface area contributed by atoms with Crippen LogP contribution in [0.25, 0.3) is 0 Å². The molecule has 0 heterocycles. The molecule has 59 heavy (non-hydrogen) atoms. The van der Waals surface area contributed by atoms with Crippen LogP contribution in [-0.2, 0) is 14.3 Å². The molecule has 0 spiro atoms. The van der Waals surface area contributed by atoms with Gasteiger partial charge in [-0.2, -0.15) is 0 Å². The quantitative estimate of drug-likeness (QED) is 0.0322. The number of allylic oxidation sites excluding steroid dienone is 4. The van der Waals surface area contributed by atoms with Gasteiger partial charge in [0.25, 0.3) is 0 Å². The standard InChI is InChI=1S/C53H101NO5/c1-4-7-10-13-16-19-21-23-25-26-27-28-30-33-35-38-41-44-49(59-53(58)46-43-40-37-34-31-29-24-22-20-17-14-11-8-5-2)47-52(57)54-50(48-55)51(56)45-42-39-36-32-18-15-12-9-6-3/h23,25,29,31,49-51,55-56H,4-22,24,26-28,30,32-48H2,1-3H3,(H,54,57)/b25-23+,31-29-. The molecule has 0 aromatic heterocycles. The summed E-state index contributed by atoms with van der Waals surface area (Å²) in [6.45, 7) is 6.47. The minimum atomic E-state index is -0.786. The molecule has 0 aliphatic carbocycles. The summed E-state index contributed by atoms with van der Waals surface area (Å²) in [5.74, 6) is -0.486. The second-order valence-electron chi connectivity index (χ2n) is 17.9. The molecule has 6 nitrogen and oxygen atoms in total. The summed E-state index contributed by atoms with van der Waals surface area (Å²) in [4.78, 5) is 26.1. The Hall–Kier alpha value is -1.66. The van der Waals surface area contributed by atoms with E-state index < -0.39 is 18.2 Å². The molecular weight excluding hydrogens is 731 g/mol. The lowest BCUT2D eigenvalue weighted by atomic mass is 10.0. The summed E-state index contributed by atoms with van der Waals surface area (Å²) in [5.41, 5.74) is 0. The normalized spacial score (nSPS) is 13.4. The highest BCUT2D eigenvalue weighted by atomic mass is 16.5. The number of nitrogens with one attached hydrogen (secondary N) is 1. The Kier molecular flexibility index (Phi) is 46.1. The smallest absolute Gasteiger partial charge is 0.306 e. The van der Waals surface area contributed by atoms with Gasteiger partial charge >= 0.3 is 5.97 Å².